The second-order valence-corrected chi connectivity index (χ2v) is 6.48. The van der Waals surface area contributed by atoms with Crippen LogP contribution in [0.3, 0.4) is 0 Å². The van der Waals surface area contributed by atoms with Crippen LogP contribution < -0.4 is 0 Å². The van der Waals surface area contributed by atoms with Crippen molar-refractivity contribution in [3.05, 3.63) is 59.4 Å². The second kappa shape index (κ2) is 6.67. The molecule has 0 aliphatic heterocycles. The first-order chi connectivity index (χ1) is 10.3. The number of hydrogen-bond donors (Lipinski definition) is 3. The van der Waals surface area contributed by atoms with E-state index in [1.54, 1.807) is 13.0 Å². The zero-order valence-electron chi connectivity index (χ0n) is 13.5. The van der Waals surface area contributed by atoms with E-state index in [4.69, 9.17) is 0 Å². The molecule has 0 aromatic rings. The Morgan fingerprint density at radius 3 is 2.36 bits per heavy atom. The molecule has 0 saturated heterocycles. The SMILES string of the molecule is C/C(O)=C\C=C(/C)C(C)(C1=CCC(O)C=C1)C1C=CC(O)C1. The highest BCUT2D eigenvalue weighted by molar-refractivity contribution is 5.41. The molecular weight excluding hydrogens is 276 g/mol. The third-order valence-corrected chi connectivity index (χ3v) is 4.87. The monoisotopic (exact) mass is 302 g/mol. The van der Waals surface area contributed by atoms with Gasteiger partial charge in [0.1, 0.15) is 0 Å². The van der Waals surface area contributed by atoms with Crippen molar-refractivity contribution in [2.45, 2.75) is 45.8 Å². The van der Waals surface area contributed by atoms with Crippen molar-refractivity contribution >= 4 is 0 Å². The van der Waals surface area contributed by atoms with Gasteiger partial charge in [0.15, 0.2) is 0 Å². The maximum atomic E-state index is 9.87. The minimum Gasteiger partial charge on any atom is -0.513 e. The number of rotatable bonds is 4. The van der Waals surface area contributed by atoms with E-state index < -0.39 is 12.2 Å². The molecule has 0 spiro atoms. The van der Waals surface area contributed by atoms with Gasteiger partial charge in [-0.1, -0.05) is 49.0 Å². The summed E-state index contributed by atoms with van der Waals surface area (Å²) in [6.45, 7) is 5.87. The molecule has 3 N–H and O–H groups in total. The van der Waals surface area contributed by atoms with Crippen molar-refractivity contribution in [1.82, 2.24) is 0 Å². The highest BCUT2D eigenvalue weighted by Crippen LogP contribution is 2.48. The molecule has 3 nitrogen and oxygen atoms in total. The van der Waals surface area contributed by atoms with E-state index in [2.05, 4.69) is 26.0 Å². The first-order valence-electron chi connectivity index (χ1n) is 7.82. The van der Waals surface area contributed by atoms with Gasteiger partial charge < -0.3 is 15.3 Å². The predicted molar refractivity (Wildman–Crippen MR) is 89.4 cm³/mol. The summed E-state index contributed by atoms with van der Waals surface area (Å²) in [6.07, 6.45) is 14.0. The molecule has 0 aromatic carbocycles. The molecule has 0 radical (unpaired) electrons. The zero-order valence-corrected chi connectivity index (χ0v) is 13.5. The maximum absolute atomic E-state index is 9.87. The average molecular weight is 302 g/mol. The molecule has 4 atom stereocenters. The van der Waals surface area contributed by atoms with Crippen LogP contribution in [0.5, 0.6) is 0 Å². The van der Waals surface area contributed by atoms with Crippen LogP contribution in [0.1, 0.15) is 33.6 Å². The number of hydrogen-bond acceptors (Lipinski definition) is 3. The Bertz CT molecular complexity index is 561. The lowest BCUT2D eigenvalue weighted by Gasteiger charge is -2.39. The van der Waals surface area contributed by atoms with Gasteiger partial charge in [-0.15, -0.1) is 0 Å². The summed E-state index contributed by atoms with van der Waals surface area (Å²) in [7, 11) is 0. The summed E-state index contributed by atoms with van der Waals surface area (Å²) < 4.78 is 0. The van der Waals surface area contributed by atoms with Gasteiger partial charge in [-0.25, -0.2) is 0 Å². The summed E-state index contributed by atoms with van der Waals surface area (Å²) in [5, 5.41) is 29.0. The van der Waals surface area contributed by atoms with E-state index in [1.165, 1.54) is 0 Å². The lowest BCUT2D eigenvalue weighted by atomic mass is 9.65. The van der Waals surface area contributed by atoms with Gasteiger partial charge in [0.25, 0.3) is 0 Å². The van der Waals surface area contributed by atoms with Crippen LogP contribution in [-0.4, -0.2) is 27.5 Å². The highest BCUT2D eigenvalue weighted by Gasteiger charge is 2.40. The van der Waals surface area contributed by atoms with Crippen molar-refractivity contribution in [3.63, 3.8) is 0 Å². The van der Waals surface area contributed by atoms with Crippen LogP contribution in [-0.2, 0) is 0 Å². The molecular formula is C19H26O3. The van der Waals surface area contributed by atoms with Crippen molar-refractivity contribution in [3.8, 4) is 0 Å². The maximum Gasteiger partial charge on any atom is 0.0891 e. The summed E-state index contributed by atoms with van der Waals surface area (Å²) in [6, 6.07) is 0. The molecule has 2 rings (SSSR count). The molecule has 120 valence electrons. The van der Waals surface area contributed by atoms with E-state index in [1.807, 2.05) is 24.3 Å². The first kappa shape index (κ1) is 16.8. The van der Waals surface area contributed by atoms with Gasteiger partial charge in [0, 0.05) is 5.41 Å². The lowest BCUT2D eigenvalue weighted by Crippen LogP contribution is -2.30. The van der Waals surface area contributed by atoms with Gasteiger partial charge >= 0.3 is 0 Å². The molecule has 2 aliphatic rings. The van der Waals surface area contributed by atoms with E-state index >= 15 is 0 Å². The molecule has 4 unspecified atom stereocenters. The van der Waals surface area contributed by atoms with Crippen LogP contribution in [0, 0.1) is 11.3 Å². The van der Waals surface area contributed by atoms with Gasteiger partial charge in [-0.3, -0.25) is 0 Å². The summed E-state index contributed by atoms with van der Waals surface area (Å²) in [5.74, 6) is 0.463. The first-order valence-corrected chi connectivity index (χ1v) is 7.82. The normalized spacial score (nSPS) is 32.0. The van der Waals surface area contributed by atoms with Gasteiger partial charge in [0.2, 0.25) is 0 Å². The number of aliphatic hydroxyl groups excluding tert-OH is 3. The molecule has 3 heteroatoms. The minimum absolute atomic E-state index is 0.192. The fraction of sp³-hybridized carbons (Fsp3) is 0.474. The fourth-order valence-electron chi connectivity index (χ4n) is 3.25. The number of aliphatic hydroxyl groups is 3. The quantitative estimate of drug-likeness (QED) is 0.422. The smallest absolute Gasteiger partial charge is 0.0891 e. The Balaban J connectivity index is 2.41. The predicted octanol–water partition coefficient (Wildman–Crippen LogP) is 3.59. The topological polar surface area (TPSA) is 60.7 Å². The molecule has 2 aliphatic carbocycles. The van der Waals surface area contributed by atoms with Crippen LogP contribution in [0.2, 0.25) is 0 Å². The molecule has 0 saturated carbocycles. The van der Waals surface area contributed by atoms with Crippen LogP contribution in [0.25, 0.3) is 0 Å². The van der Waals surface area contributed by atoms with Gasteiger partial charge in [0.05, 0.1) is 18.0 Å². The lowest BCUT2D eigenvalue weighted by molar-refractivity contribution is 0.186. The standard InChI is InChI=1S/C19H26O3/c1-13(4-5-14(2)20)19(3,16-8-11-18(22)12-16)15-6-9-17(21)10-7-15/h4-9,11,16-18,20-22H,10,12H2,1-3H3/b13-4+,14-5+. The molecule has 0 amide bonds. The Hall–Kier alpha value is -1.58. The second-order valence-electron chi connectivity index (χ2n) is 6.48. The van der Waals surface area contributed by atoms with E-state index in [0.29, 0.717) is 12.8 Å². The van der Waals surface area contributed by atoms with Crippen LogP contribution in [0.15, 0.2) is 59.4 Å². The summed E-state index contributed by atoms with van der Waals surface area (Å²) in [4.78, 5) is 0. The molecule has 0 heterocycles. The Labute approximate surface area is 132 Å². The van der Waals surface area contributed by atoms with Gasteiger partial charge in [-0.2, -0.15) is 0 Å². The van der Waals surface area contributed by atoms with Gasteiger partial charge in [-0.05, 0) is 44.3 Å². The zero-order chi connectivity index (χ0) is 16.3. The highest BCUT2D eigenvalue weighted by atomic mass is 16.3. The molecule has 0 aromatic heterocycles. The third kappa shape index (κ3) is 3.42. The van der Waals surface area contributed by atoms with Crippen molar-refractivity contribution in [1.29, 1.82) is 0 Å². The Morgan fingerprint density at radius 1 is 1.14 bits per heavy atom. The fourth-order valence-corrected chi connectivity index (χ4v) is 3.25. The van der Waals surface area contributed by atoms with Crippen molar-refractivity contribution < 1.29 is 15.3 Å². The van der Waals surface area contributed by atoms with E-state index in [9.17, 15) is 15.3 Å². The largest absolute Gasteiger partial charge is 0.513 e. The van der Waals surface area contributed by atoms with Crippen LogP contribution in [0.4, 0.5) is 0 Å². The molecule has 22 heavy (non-hydrogen) atoms. The molecule has 0 fully saturated rings. The summed E-state index contributed by atoms with van der Waals surface area (Å²) >= 11 is 0. The minimum atomic E-state index is -0.415. The van der Waals surface area contributed by atoms with Crippen molar-refractivity contribution in [2.75, 3.05) is 0 Å². The average Bonchev–Trinajstić information content (AvgIpc) is 2.91. The van der Waals surface area contributed by atoms with E-state index in [-0.39, 0.29) is 17.1 Å². The van der Waals surface area contributed by atoms with E-state index in [0.717, 1.165) is 11.1 Å². The summed E-state index contributed by atoms with van der Waals surface area (Å²) in [5.41, 5.74) is 2.01. The Morgan fingerprint density at radius 2 is 1.86 bits per heavy atom. The Kier molecular flexibility index (Phi) is 5.09. The third-order valence-electron chi connectivity index (χ3n) is 4.87. The van der Waals surface area contributed by atoms with Crippen molar-refractivity contribution in [2.24, 2.45) is 11.3 Å². The molecule has 0 bridgehead atoms. The number of allylic oxidation sites excluding steroid dienone is 7. The van der Waals surface area contributed by atoms with Crippen LogP contribution >= 0.6 is 0 Å².